The molecule has 0 aliphatic heterocycles. The molecule has 0 aliphatic carbocycles. The van der Waals surface area contributed by atoms with E-state index in [2.05, 4.69) is 24.1 Å². The Morgan fingerprint density at radius 1 is 1.42 bits per heavy atom. The lowest BCUT2D eigenvalue weighted by Gasteiger charge is -2.10. The zero-order valence-corrected chi connectivity index (χ0v) is 12.7. The van der Waals surface area contributed by atoms with Crippen LogP contribution in [0.3, 0.4) is 0 Å². The predicted octanol–water partition coefficient (Wildman–Crippen LogP) is 2.50. The molecule has 0 unspecified atom stereocenters. The monoisotopic (exact) mass is 281 g/mol. The first-order valence-corrected chi connectivity index (χ1v) is 7.00. The Morgan fingerprint density at radius 3 is 2.79 bits per heavy atom. The Bertz CT molecular complexity index is 421. The number of anilines is 1. The number of hydrogen-bond acceptors (Lipinski definition) is 4. The van der Waals surface area contributed by atoms with Gasteiger partial charge in [-0.1, -0.05) is 26.1 Å². The fourth-order valence-electron chi connectivity index (χ4n) is 1.57. The molecule has 0 aliphatic rings. The number of nitrogens with zero attached hydrogens (tertiary/aromatic N) is 1. The molecule has 0 fully saturated rings. The molecule has 1 aromatic rings. The van der Waals surface area contributed by atoms with E-state index in [0.717, 1.165) is 36.6 Å². The average molecular weight is 281 g/mol. The maximum Gasteiger partial charge on any atom is 0.126 e. The van der Waals surface area contributed by atoms with Gasteiger partial charge in [-0.15, -0.1) is 0 Å². The normalized spacial score (nSPS) is 10.7. The molecule has 3 N–H and O–H groups in total. The highest BCUT2D eigenvalue weighted by Crippen LogP contribution is 2.09. The van der Waals surface area contributed by atoms with Crippen molar-refractivity contribution in [2.24, 2.45) is 11.7 Å². The number of aryl methyl sites for hydroxylation is 1. The second-order valence-electron chi connectivity index (χ2n) is 4.97. The molecule has 0 amide bonds. The van der Waals surface area contributed by atoms with Gasteiger partial charge in [-0.05, 0) is 31.4 Å². The Morgan fingerprint density at radius 2 is 2.16 bits per heavy atom. The maximum atomic E-state index is 5.63. The van der Waals surface area contributed by atoms with Crippen LogP contribution in [-0.2, 0) is 4.74 Å². The van der Waals surface area contributed by atoms with Crippen LogP contribution in [-0.4, -0.2) is 29.7 Å². The lowest BCUT2D eigenvalue weighted by Crippen LogP contribution is -2.14. The van der Waals surface area contributed by atoms with Gasteiger partial charge >= 0.3 is 0 Å². The van der Waals surface area contributed by atoms with Gasteiger partial charge in [0.25, 0.3) is 0 Å². The summed E-state index contributed by atoms with van der Waals surface area (Å²) < 4.78 is 5.53. The van der Waals surface area contributed by atoms with E-state index in [1.807, 2.05) is 19.1 Å². The Hall–Kier alpha value is -1.20. The molecule has 1 aromatic heterocycles. The molecular formula is C14H23N3OS. The maximum absolute atomic E-state index is 5.63. The van der Waals surface area contributed by atoms with E-state index >= 15 is 0 Å². The van der Waals surface area contributed by atoms with Crippen molar-refractivity contribution in [2.75, 3.05) is 25.1 Å². The smallest absolute Gasteiger partial charge is 0.126 e. The Balaban J connectivity index is 2.35. The van der Waals surface area contributed by atoms with Crippen molar-refractivity contribution in [3.05, 3.63) is 23.4 Å². The number of nitrogens with one attached hydrogen (secondary N) is 1. The first kappa shape index (κ1) is 15.9. The molecule has 5 heteroatoms. The van der Waals surface area contributed by atoms with Crippen molar-refractivity contribution in [1.82, 2.24) is 4.98 Å². The third-order valence-electron chi connectivity index (χ3n) is 2.63. The van der Waals surface area contributed by atoms with Gasteiger partial charge in [0.15, 0.2) is 0 Å². The van der Waals surface area contributed by atoms with Crippen LogP contribution in [0, 0.1) is 12.8 Å². The summed E-state index contributed by atoms with van der Waals surface area (Å²) in [5.41, 5.74) is 7.36. The van der Waals surface area contributed by atoms with Crippen molar-refractivity contribution in [2.45, 2.75) is 27.2 Å². The summed E-state index contributed by atoms with van der Waals surface area (Å²) in [4.78, 5) is 4.77. The molecule has 106 valence electrons. The molecular weight excluding hydrogens is 258 g/mol. The third kappa shape index (κ3) is 6.50. The molecule has 0 aromatic carbocycles. The molecule has 1 heterocycles. The number of nitrogens with two attached hydrogens (primary N) is 1. The van der Waals surface area contributed by atoms with Crippen LogP contribution >= 0.6 is 12.2 Å². The van der Waals surface area contributed by atoms with Crippen molar-refractivity contribution < 1.29 is 4.74 Å². The van der Waals surface area contributed by atoms with Gasteiger partial charge in [0.1, 0.15) is 10.8 Å². The second kappa shape index (κ2) is 8.07. The van der Waals surface area contributed by atoms with E-state index in [4.69, 9.17) is 22.7 Å². The van der Waals surface area contributed by atoms with Crippen molar-refractivity contribution in [3.63, 3.8) is 0 Å². The van der Waals surface area contributed by atoms with Crippen LogP contribution in [0.1, 0.15) is 31.5 Å². The van der Waals surface area contributed by atoms with E-state index in [1.165, 1.54) is 0 Å². The van der Waals surface area contributed by atoms with Gasteiger partial charge in [-0.2, -0.15) is 0 Å². The van der Waals surface area contributed by atoms with E-state index in [0.29, 0.717) is 17.5 Å². The zero-order valence-electron chi connectivity index (χ0n) is 11.9. The number of thiocarbonyl (C=S) groups is 1. The largest absolute Gasteiger partial charge is 0.389 e. The SMILES string of the molecule is Cc1cc(C(N)=S)cc(NCCOCCC(C)C)n1. The van der Waals surface area contributed by atoms with Gasteiger partial charge in [0.05, 0.1) is 6.61 Å². The standard InChI is InChI=1S/C14H23N3OS/c1-10(2)4-6-18-7-5-16-13-9-12(14(15)19)8-11(3)17-13/h8-10H,4-7H2,1-3H3,(H2,15,19)(H,16,17). The van der Waals surface area contributed by atoms with E-state index in [1.54, 1.807) is 0 Å². The number of hydrogen-bond donors (Lipinski definition) is 2. The van der Waals surface area contributed by atoms with E-state index in [-0.39, 0.29) is 0 Å². The fourth-order valence-corrected chi connectivity index (χ4v) is 1.69. The summed E-state index contributed by atoms with van der Waals surface area (Å²) >= 11 is 4.97. The predicted molar refractivity (Wildman–Crippen MR) is 83.6 cm³/mol. The molecule has 0 radical (unpaired) electrons. The van der Waals surface area contributed by atoms with E-state index < -0.39 is 0 Å². The Kier molecular flexibility index (Phi) is 6.73. The number of rotatable bonds is 8. The van der Waals surface area contributed by atoms with E-state index in [9.17, 15) is 0 Å². The molecule has 19 heavy (non-hydrogen) atoms. The lowest BCUT2D eigenvalue weighted by molar-refractivity contribution is 0.132. The van der Waals surface area contributed by atoms with Gasteiger partial charge in [-0.3, -0.25) is 0 Å². The molecule has 0 bridgehead atoms. The molecule has 0 saturated carbocycles. The van der Waals surface area contributed by atoms with Crippen LogP contribution < -0.4 is 11.1 Å². The number of ether oxygens (including phenoxy) is 1. The summed E-state index contributed by atoms with van der Waals surface area (Å²) in [6, 6.07) is 3.75. The lowest BCUT2D eigenvalue weighted by atomic mass is 10.1. The first-order valence-electron chi connectivity index (χ1n) is 6.59. The van der Waals surface area contributed by atoms with Gasteiger partial charge in [0.2, 0.25) is 0 Å². The molecule has 0 atom stereocenters. The molecule has 1 rings (SSSR count). The zero-order chi connectivity index (χ0) is 14.3. The van der Waals surface area contributed by atoms with Crippen molar-refractivity contribution in [3.8, 4) is 0 Å². The van der Waals surface area contributed by atoms with Crippen LogP contribution in [0.15, 0.2) is 12.1 Å². The fraction of sp³-hybridized carbons (Fsp3) is 0.571. The quantitative estimate of drug-likeness (QED) is 0.566. The first-order chi connectivity index (χ1) is 8.99. The summed E-state index contributed by atoms with van der Waals surface area (Å²) in [5, 5.41) is 3.22. The second-order valence-corrected chi connectivity index (χ2v) is 5.41. The highest BCUT2D eigenvalue weighted by atomic mass is 32.1. The minimum Gasteiger partial charge on any atom is -0.389 e. The van der Waals surface area contributed by atoms with Crippen molar-refractivity contribution >= 4 is 23.0 Å². The molecule has 4 nitrogen and oxygen atoms in total. The number of pyridine rings is 1. The highest BCUT2D eigenvalue weighted by molar-refractivity contribution is 7.80. The third-order valence-corrected chi connectivity index (χ3v) is 2.87. The van der Waals surface area contributed by atoms with Crippen LogP contribution in [0.25, 0.3) is 0 Å². The molecule has 0 spiro atoms. The summed E-state index contributed by atoms with van der Waals surface area (Å²) in [5.74, 6) is 1.47. The summed E-state index contributed by atoms with van der Waals surface area (Å²) in [6.45, 7) is 8.51. The summed E-state index contributed by atoms with van der Waals surface area (Å²) in [7, 11) is 0. The van der Waals surface area contributed by atoms with Crippen molar-refractivity contribution in [1.29, 1.82) is 0 Å². The van der Waals surface area contributed by atoms with Gasteiger partial charge in [-0.25, -0.2) is 4.98 Å². The number of aromatic nitrogens is 1. The van der Waals surface area contributed by atoms with Crippen LogP contribution in [0.4, 0.5) is 5.82 Å². The van der Waals surface area contributed by atoms with Gasteiger partial charge < -0.3 is 15.8 Å². The average Bonchev–Trinajstić information content (AvgIpc) is 2.32. The Labute approximate surface area is 120 Å². The van der Waals surface area contributed by atoms with Gasteiger partial charge in [0, 0.05) is 24.4 Å². The minimum atomic E-state index is 0.390. The topological polar surface area (TPSA) is 60.2 Å². The van der Waals surface area contributed by atoms with Crippen LogP contribution in [0.2, 0.25) is 0 Å². The summed E-state index contributed by atoms with van der Waals surface area (Å²) in [6.07, 6.45) is 1.09. The molecule has 0 saturated heterocycles. The highest BCUT2D eigenvalue weighted by Gasteiger charge is 2.02. The van der Waals surface area contributed by atoms with Crippen LogP contribution in [0.5, 0.6) is 0 Å². The minimum absolute atomic E-state index is 0.390.